The van der Waals surface area contributed by atoms with Crippen molar-refractivity contribution in [2.75, 3.05) is 5.32 Å². The highest BCUT2D eigenvalue weighted by atomic mass is 16.4. The first-order chi connectivity index (χ1) is 15.0. The van der Waals surface area contributed by atoms with Gasteiger partial charge in [-0.15, -0.1) is 0 Å². The second-order valence-corrected chi connectivity index (χ2v) is 7.83. The second kappa shape index (κ2) is 9.02. The first-order valence-electron chi connectivity index (χ1n) is 10.3. The van der Waals surface area contributed by atoms with Crippen molar-refractivity contribution in [3.63, 3.8) is 0 Å². The lowest BCUT2D eigenvalue weighted by Crippen LogP contribution is -2.40. The smallest absolute Gasteiger partial charge is 0.408 e. The number of hydrogen-bond donors (Lipinski definition) is 3. The van der Waals surface area contributed by atoms with Crippen LogP contribution in [0.5, 0.6) is 0 Å². The van der Waals surface area contributed by atoms with Gasteiger partial charge in [0.05, 0.1) is 6.54 Å². The summed E-state index contributed by atoms with van der Waals surface area (Å²) in [7, 11) is 0. The third kappa shape index (κ3) is 4.92. The number of carbonyl (C=O) groups is 2. The molecule has 31 heavy (non-hydrogen) atoms. The standard InChI is InChI=1S/C25H25N3O3/c26-22-15-21(22)18-11-13-20(14-12-18)27-24(29)23(19-9-5-2-6-10-19)28(25(30)31)16-17-7-3-1-4-8-17/h1-14,21-23H,15-16,26H2,(H,27,29)(H,30,31)/t21-,22+,23?/m0/s1. The third-order valence-corrected chi connectivity index (χ3v) is 5.56. The van der Waals surface area contributed by atoms with Crippen molar-refractivity contribution < 1.29 is 14.7 Å². The Hall–Kier alpha value is -3.64. The molecule has 0 aliphatic heterocycles. The summed E-state index contributed by atoms with van der Waals surface area (Å²) in [5.41, 5.74) is 9.11. The topological polar surface area (TPSA) is 95.7 Å². The molecule has 0 saturated heterocycles. The predicted molar refractivity (Wildman–Crippen MR) is 120 cm³/mol. The van der Waals surface area contributed by atoms with E-state index in [1.807, 2.05) is 60.7 Å². The van der Waals surface area contributed by atoms with Crippen LogP contribution in [0.1, 0.15) is 35.1 Å². The lowest BCUT2D eigenvalue weighted by atomic mass is 10.0. The third-order valence-electron chi connectivity index (χ3n) is 5.56. The molecule has 4 rings (SSSR count). The number of rotatable bonds is 7. The molecule has 2 amide bonds. The summed E-state index contributed by atoms with van der Waals surface area (Å²) in [6, 6.07) is 25.0. The van der Waals surface area contributed by atoms with Gasteiger partial charge in [0.15, 0.2) is 0 Å². The number of carbonyl (C=O) groups excluding carboxylic acids is 1. The van der Waals surface area contributed by atoms with Crippen molar-refractivity contribution in [3.05, 3.63) is 102 Å². The number of amides is 2. The molecule has 0 spiro atoms. The number of anilines is 1. The number of carboxylic acid groups (broad SMARTS) is 1. The van der Waals surface area contributed by atoms with E-state index in [-0.39, 0.29) is 12.6 Å². The molecule has 3 aromatic carbocycles. The van der Waals surface area contributed by atoms with Crippen LogP contribution in [0.2, 0.25) is 0 Å². The first-order valence-corrected chi connectivity index (χ1v) is 10.3. The molecule has 3 aromatic rings. The molecule has 4 N–H and O–H groups in total. The lowest BCUT2D eigenvalue weighted by Gasteiger charge is -2.29. The number of nitrogens with one attached hydrogen (secondary N) is 1. The Morgan fingerprint density at radius 1 is 0.968 bits per heavy atom. The van der Waals surface area contributed by atoms with E-state index in [4.69, 9.17) is 5.73 Å². The van der Waals surface area contributed by atoms with Crippen molar-refractivity contribution in [1.82, 2.24) is 4.90 Å². The average Bonchev–Trinajstić information content (AvgIpc) is 3.51. The van der Waals surface area contributed by atoms with Crippen LogP contribution in [-0.4, -0.2) is 28.0 Å². The van der Waals surface area contributed by atoms with Crippen molar-refractivity contribution in [2.45, 2.75) is 31.0 Å². The zero-order valence-corrected chi connectivity index (χ0v) is 17.0. The highest BCUT2D eigenvalue weighted by Gasteiger charge is 2.35. The van der Waals surface area contributed by atoms with Gasteiger partial charge in [0.25, 0.3) is 5.91 Å². The molecular formula is C25H25N3O3. The summed E-state index contributed by atoms with van der Waals surface area (Å²) in [5.74, 6) is -0.0180. The van der Waals surface area contributed by atoms with Gasteiger partial charge in [-0.1, -0.05) is 72.8 Å². The van der Waals surface area contributed by atoms with Gasteiger partial charge in [-0.2, -0.15) is 0 Å². The van der Waals surface area contributed by atoms with E-state index in [2.05, 4.69) is 5.32 Å². The van der Waals surface area contributed by atoms with Gasteiger partial charge in [-0.3, -0.25) is 9.69 Å². The molecule has 0 aromatic heterocycles. The Balaban J connectivity index is 1.59. The average molecular weight is 415 g/mol. The van der Waals surface area contributed by atoms with Crippen LogP contribution >= 0.6 is 0 Å². The minimum absolute atomic E-state index is 0.0989. The zero-order chi connectivity index (χ0) is 21.8. The Morgan fingerprint density at radius 2 is 1.55 bits per heavy atom. The van der Waals surface area contributed by atoms with Crippen molar-refractivity contribution >= 4 is 17.7 Å². The van der Waals surface area contributed by atoms with Crippen LogP contribution in [-0.2, 0) is 11.3 Å². The summed E-state index contributed by atoms with van der Waals surface area (Å²) in [6.45, 7) is 0.0989. The van der Waals surface area contributed by atoms with E-state index >= 15 is 0 Å². The Kier molecular flexibility index (Phi) is 6.00. The monoisotopic (exact) mass is 415 g/mol. The Labute approximate surface area is 181 Å². The molecule has 158 valence electrons. The lowest BCUT2D eigenvalue weighted by molar-refractivity contribution is -0.121. The van der Waals surface area contributed by atoms with E-state index < -0.39 is 18.0 Å². The van der Waals surface area contributed by atoms with Gasteiger partial charge >= 0.3 is 6.09 Å². The SMILES string of the molecule is N[C@@H]1C[C@H]1c1ccc(NC(=O)C(c2ccccc2)N(Cc2ccccc2)C(=O)O)cc1. The molecule has 1 fully saturated rings. The molecule has 1 aliphatic rings. The number of hydrogen-bond acceptors (Lipinski definition) is 3. The molecule has 1 unspecified atom stereocenters. The van der Waals surface area contributed by atoms with Gasteiger partial charge < -0.3 is 16.2 Å². The molecule has 0 bridgehead atoms. The van der Waals surface area contributed by atoms with Crippen LogP contribution in [0.15, 0.2) is 84.9 Å². The van der Waals surface area contributed by atoms with Crippen LogP contribution in [0.3, 0.4) is 0 Å². The highest BCUT2D eigenvalue weighted by molar-refractivity contribution is 5.97. The van der Waals surface area contributed by atoms with E-state index in [9.17, 15) is 14.7 Å². The van der Waals surface area contributed by atoms with Crippen molar-refractivity contribution in [1.29, 1.82) is 0 Å². The highest BCUT2D eigenvalue weighted by Crippen LogP contribution is 2.39. The molecule has 0 heterocycles. The quantitative estimate of drug-likeness (QED) is 0.534. The maximum atomic E-state index is 13.3. The van der Waals surface area contributed by atoms with Crippen molar-refractivity contribution in [2.24, 2.45) is 5.73 Å². The maximum Gasteiger partial charge on any atom is 0.408 e. The van der Waals surface area contributed by atoms with Gasteiger partial charge in [-0.05, 0) is 35.2 Å². The Morgan fingerprint density at radius 3 is 2.10 bits per heavy atom. The van der Waals surface area contributed by atoms with E-state index in [1.165, 1.54) is 0 Å². The first kappa shape index (κ1) is 20.6. The van der Waals surface area contributed by atoms with Crippen LogP contribution in [0.25, 0.3) is 0 Å². The molecule has 1 aliphatic carbocycles. The van der Waals surface area contributed by atoms with Gasteiger partial charge in [-0.25, -0.2) is 4.79 Å². The predicted octanol–water partition coefficient (Wildman–Crippen LogP) is 4.36. The summed E-state index contributed by atoms with van der Waals surface area (Å²) in [5, 5.41) is 12.8. The second-order valence-electron chi connectivity index (χ2n) is 7.83. The fourth-order valence-corrected chi connectivity index (χ4v) is 3.78. The van der Waals surface area contributed by atoms with Crippen LogP contribution in [0, 0.1) is 0 Å². The van der Waals surface area contributed by atoms with Crippen LogP contribution < -0.4 is 11.1 Å². The summed E-state index contributed by atoms with van der Waals surface area (Å²) in [6.07, 6.45) is -0.180. The fraction of sp³-hybridized carbons (Fsp3) is 0.200. The van der Waals surface area contributed by atoms with Crippen LogP contribution in [0.4, 0.5) is 10.5 Å². The minimum Gasteiger partial charge on any atom is -0.465 e. The summed E-state index contributed by atoms with van der Waals surface area (Å²) in [4.78, 5) is 26.6. The summed E-state index contributed by atoms with van der Waals surface area (Å²) >= 11 is 0. The molecule has 6 nitrogen and oxygen atoms in total. The molecule has 3 atom stereocenters. The minimum atomic E-state index is -1.16. The van der Waals surface area contributed by atoms with Gasteiger partial charge in [0.2, 0.25) is 0 Å². The normalized spacial score (nSPS) is 18.1. The van der Waals surface area contributed by atoms with E-state index in [1.54, 1.807) is 24.3 Å². The Bertz CT molecular complexity index is 1040. The number of benzene rings is 3. The number of nitrogens with zero attached hydrogens (tertiary/aromatic N) is 1. The molecule has 6 heteroatoms. The maximum absolute atomic E-state index is 13.3. The molecule has 0 radical (unpaired) electrons. The molecule has 1 saturated carbocycles. The molecular weight excluding hydrogens is 390 g/mol. The van der Waals surface area contributed by atoms with Gasteiger partial charge in [0, 0.05) is 17.6 Å². The van der Waals surface area contributed by atoms with Crippen molar-refractivity contribution in [3.8, 4) is 0 Å². The fourth-order valence-electron chi connectivity index (χ4n) is 3.78. The van der Waals surface area contributed by atoms with E-state index in [0.717, 1.165) is 22.4 Å². The summed E-state index contributed by atoms with van der Waals surface area (Å²) < 4.78 is 0. The largest absolute Gasteiger partial charge is 0.465 e. The number of nitrogens with two attached hydrogens (primary N) is 1. The zero-order valence-electron chi connectivity index (χ0n) is 17.0. The van der Waals surface area contributed by atoms with E-state index in [0.29, 0.717) is 17.2 Å². The van der Waals surface area contributed by atoms with Gasteiger partial charge in [0.1, 0.15) is 6.04 Å².